The molecule has 0 aliphatic carbocycles. The normalized spacial score (nSPS) is 12.1. The molecule has 0 unspecified atom stereocenters. The molecule has 0 radical (unpaired) electrons. The molecule has 1 heterocycles. The molecule has 2 rings (SSSR count). The highest BCUT2D eigenvalue weighted by atomic mass is 32.2. The lowest BCUT2D eigenvalue weighted by Crippen LogP contribution is -1.97. The Morgan fingerprint density at radius 3 is 2.79 bits per heavy atom. The average Bonchev–Trinajstić information content (AvgIpc) is 2.46. The van der Waals surface area contributed by atoms with E-state index in [2.05, 4.69) is 17.8 Å². The van der Waals surface area contributed by atoms with Gasteiger partial charge < -0.3 is 0 Å². The van der Waals surface area contributed by atoms with Crippen molar-refractivity contribution in [1.82, 2.24) is 8.96 Å². The summed E-state index contributed by atoms with van der Waals surface area (Å²) in [6.07, 6.45) is 1.45. The van der Waals surface area contributed by atoms with E-state index in [9.17, 15) is 8.42 Å². The second kappa shape index (κ2) is 2.97. The number of nitrogens with zero attached hydrogens (tertiary/aromatic N) is 2. The maximum absolute atomic E-state index is 10.8. The third-order valence-electron chi connectivity index (χ3n) is 1.80. The first-order chi connectivity index (χ1) is 6.48. The molecule has 0 saturated heterocycles. The lowest BCUT2D eigenvalue weighted by Gasteiger charge is -1.96. The van der Waals surface area contributed by atoms with Crippen LogP contribution in [0.3, 0.4) is 0 Å². The minimum absolute atomic E-state index is 0.169. The Morgan fingerprint density at radius 1 is 1.43 bits per heavy atom. The van der Waals surface area contributed by atoms with Crippen molar-refractivity contribution >= 4 is 34.0 Å². The van der Waals surface area contributed by atoms with Gasteiger partial charge in [-0.25, -0.2) is 4.98 Å². The van der Waals surface area contributed by atoms with Gasteiger partial charge >= 0.3 is 0 Å². The fourth-order valence-corrected chi connectivity index (χ4v) is 1.86. The molecule has 5 nitrogen and oxygen atoms in total. The largest absolute Gasteiger partial charge is 0.294 e. The van der Waals surface area contributed by atoms with Crippen LogP contribution >= 0.6 is 12.8 Å². The molecule has 1 aromatic heterocycles. The molecule has 0 spiro atoms. The summed E-state index contributed by atoms with van der Waals surface area (Å²) in [5.74, 6) is 0. The van der Waals surface area contributed by atoms with Crippen molar-refractivity contribution in [2.45, 2.75) is 4.90 Å². The Kier molecular flexibility index (Phi) is 2.02. The predicted octanol–water partition coefficient (Wildman–Crippen LogP) is 0.976. The van der Waals surface area contributed by atoms with Gasteiger partial charge in [0.25, 0.3) is 10.1 Å². The van der Waals surface area contributed by atoms with Crippen LogP contribution in [0, 0.1) is 0 Å². The predicted molar refractivity (Wildman–Crippen MR) is 53.9 cm³/mol. The molecule has 0 aliphatic rings. The van der Waals surface area contributed by atoms with Crippen molar-refractivity contribution in [2.24, 2.45) is 0 Å². The van der Waals surface area contributed by atoms with Gasteiger partial charge in [0.15, 0.2) is 0 Å². The summed E-state index contributed by atoms with van der Waals surface area (Å²) < 4.78 is 31.8. The SMILES string of the molecule is O=S(=O)(O)c1ccc2c(c1)ncn2S. The molecular formula is C7H6N2O3S2. The smallest absolute Gasteiger partial charge is 0.282 e. The summed E-state index contributed by atoms with van der Waals surface area (Å²) >= 11 is 4.05. The van der Waals surface area contributed by atoms with Gasteiger partial charge in [-0.1, -0.05) is 12.8 Å². The van der Waals surface area contributed by atoms with Crippen molar-refractivity contribution < 1.29 is 13.0 Å². The highest BCUT2D eigenvalue weighted by Crippen LogP contribution is 2.18. The standard InChI is InChI=1S/C7H6N2O3S2/c10-14(11,12)5-1-2-7-6(3-5)8-4-9(7)13/h1-4,13H,(H,10,11,12). The first kappa shape index (κ1) is 9.50. The molecule has 0 saturated carbocycles. The van der Waals surface area contributed by atoms with Gasteiger partial charge in [0, 0.05) is 0 Å². The van der Waals surface area contributed by atoms with Crippen LogP contribution in [0.15, 0.2) is 29.4 Å². The first-order valence-corrected chi connectivity index (χ1v) is 5.46. The molecule has 0 atom stereocenters. The Hall–Kier alpha value is -1.05. The van der Waals surface area contributed by atoms with E-state index in [1.165, 1.54) is 28.5 Å². The minimum Gasteiger partial charge on any atom is -0.282 e. The van der Waals surface area contributed by atoms with Gasteiger partial charge in [-0.15, -0.1) is 0 Å². The van der Waals surface area contributed by atoms with Gasteiger partial charge in [-0.3, -0.25) is 8.53 Å². The third-order valence-corrected chi connectivity index (χ3v) is 2.97. The van der Waals surface area contributed by atoms with E-state index >= 15 is 0 Å². The minimum atomic E-state index is -4.16. The molecule has 14 heavy (non-hydrogen) atoms. The second-order valence-corrected chi connectivity index (χ2v) is 4.57. The molecular weight excluding hydrogens is 224 g/mol. The van der Waals surface area contributed by atoms with E-state index in [4.69, 9.17) is 4.55 Å². The van der Waals surface area contributed by atoms with E-state index in [1.807, 2.05) is 0 Å². The lowest BCUT2D eigenvalue weighted by molar-refractivity contribution is 0.483. The maximum atomic E-state index is 10.8. The van der Waals surface area contributed by atoms with E-state index < -0.39 is 10.1 Å². The average molecular weight is 230 g/mol. The first-order valence-electron chi connectivity index (χ1n) is 3.62. The number of hydrogen-bond donors (Lipinski definition) is 2. The molecule has 1 aromatic carbocycles. The summed E-state index contributed by atoms with van der Waals surface area (Å²) in [5, 5.41) is 0. The second-order valence-electron chi connectivity index (χ2n) is 2.71. The molecule has 0 bridgehead atoms. The van der Waals surface area contributed by atoms with Crippen LogP contribution in [-0.2, 0) is 10.1 Å². The molecule has 1 N–H and O–H groups in total. The van der Waals surface area contributed by atoms with Gasteiger partial charge in [-0.05, 0) is 18.2 Å². The monoisotopic (exact) mass is 230 g/mol. The van der Waals surface area contributed by atoms with Gasteiger partial charge in [0.1, 0.15) is 6.33 Å². The molecule has 0 amide bonds. The third kappa shape index (κ3) is 1.49. The molecule has 74 valence electrons. The Labute approximate surface area is 85.7 Å². The van der Waals surface area contributed by atoms with Crippen molar-refractivity contribution in [2.75, 3.05) is 0 Å². The summed E-state index contributed by atoms with van der Waals surface area (Å²) in [6, 6.07) is 4.11. The van der Waals surface area contributed by atoms with Crippen LogP contribution in [-0.4, -0.2) is 21.9 Å². The maximum Gasteiger partial charge on any atom is 0.294 e. The Balaban J connectivity index is 2.76. The zero-order valence-electron chi connectivity index (χ0n) is 6.82. The summed E-state index contributed by atoms with van der Waals surface area (Å²) in [5.41, 5.74) is 1.15. The van der Waals surface area contributed by atoms with Gasteiger partial charge in [0.05, 0.1) is 15.9 Å². The number of hydrogen-bond acceptors (Lipinski definition) is 4. The van der Waals surface area contributed by atoms with Crippen molar-refractivity contribution in [3.8, 4) is 0 Å². The van der Waals surface area contributed by atoms with Crippen LogP contribution < -0.4 is 0 Å². The lowest BCUT2D eigenvalue weighted by atomic mass is 10.3. The van der Waals surface area contributed by atoms with Crippen molar-refractivity contribution in [3.63, 3.8) is 0 Å². The number of thiol groups is 1. The van der Waals surface area contributed by atoms with Gasteiger partial charge in [0.2, 0.25) is 0 Å². The summed E-state index contributed by atoms with van der Waals surface area (Å²) in [7, 11) is -4.16. The van der Waals surface area contributed by atoms with E-state index in [-0.39, 0.29) is 4.90 Å². The van der Waals surface area contributed by atoms with Crippen LogP contribution in [0.4, 0.5) is 0 Å². The highest BCUT2D eigenvalue weighted by molar-refractivity contribution is 7.85. The molecule has 0 aliphatic heterocycles. The fraction of sp³-hybridized carbons (Fsp3) is 0. The number of imidazole rings is 1. The van der Waals surface area contributed by atoms with Gasteiger partial charge in [-0.2, -0.15) is 8.42 Å². The summed E-state index contributed by atoms with van der Waals surface area (Å²) in [4.78, 5) is 3.73. The van der Waals surface area contributed by atoms with Crippen molar-refractivity contribution in [1.29, 1.82) is 0 Å². The van der Waals surface area contributed by atoms with E-state index in [1.54, 1.807) is 0 Å². The Bertz CT molecular complexity index is 588. The number of benzene rings is 1. The molecule has 2 aromatic rings. The number of aromatic nitrogens is 2. The highest BCUT2D eigenvalue weighted by Gasteiger charge is 2.11. The zero-order valence-corrected chi connectivity index (χ0v) is 8.53. The summed E-state index contributed by atoms with van der Waals surface area (Å²) in [6.45, 7) is 0. The van der Waals surface area contributed by atoms with Crippen LogP contribution in [0.2, 0.25) is 0 Å². The Morgan fingerprint density at radius 2 is 2.14 bits per heavy atom. The van der Waals surface area contributed by atoms with Crippen LogP contribution in [0.1, 0.15) is 0 Å². The molecule has 0 fully saturated rings. The zero-order chi connectivity index (χ0) is 10.3. The fourth-order valence-electron chi connectivity index (χ4n) is 1.14. The number of rotatable bonds is 1. The molecule has 7 heteroatoms. The van der Waals surface area contributed by atoms with E-state index in [0.717, 1.165) is 0 Å². The quantitative estimate of drug-likeness (QED) is 0.565. The van der Waals surface area contributed by atoms with Crippen LogP contribution in [0.5, 0.6) is 0 Å². The number of fused-ring (bicyclic) bond motifs is 1. The van der Waals surface area contributed by atoms with Crippen LogP contribution in [0.25, 0.3) is 11.0 Å². The topological polar surface area (TPSA) is 72.2 Å². The van der Waals surface area contributed by atoms with Crippen molar-refractivity contribution in [3.05, 3.63) is 24.5 Å². The van der Waals surface area contributed by atoms with E-state index in [0.29, 0.717) is 11.0 Å².